The molecule has 11 heteroatoms. The Kier molecular flexibility index (Phi) is 8.55. The van der Waals surface area contributed by atoms with E-state index in [1.54, 1.807) is 6.92 Å². The van der Waals surface area contributed by atoms with E-state index >= 15 is 0 Å². The molecule has 0 bridgehead atoms. The van der Waals surface area contributed by atoms with E-state index in [0.717, 1.165) is 0 Å². The molecule has 2 amide bonds. The highest BCUT2D eigenvalue weighted by Gasteiger charge is 2.36. The number of halogens is 4. The molecule has 1 aromatic carbocycles. The molecule has 1 aromatic rings. The van der Waals surface area contributed by atoms with Crippen molar-refractivity contribution >= 4 is 30.2 Å². The molecular formula is C21H26F4N2O4S. The number of amides is 2. The number of thiol groups is 1. The average Bonchev–Trinajstić information content (AvgIpc) is 3.09. The third kappa shape index (κ3) is 6.36. The van der Waals surface area contributed by atoms with Gasteiger partial charge in [-0.3, -0.25) is 14.4 Å². The normalized spacial score (nSPS) is 18.8. The summed E-state index contributed by atoms with van der Waals surface area (Å²) >= 11 is 4.37. The van der Waals surface area contributed by atoms with Crippen molar-refractivity contribution in [3.05, 3.63) is 29.3 Å². The quantitative estimate of drug-likeness (QED) is 0.274. The molecule has 1 aliphatic rings. The van der Waals surface area contributed by atoms with E-state index in [9.17, 15) is 31.9 Å². The van der Waals surface area contributed by atoms with Crippen LogP contribution in [-0.4, -0.2) is 41.5 Å². The molecule has 0 aromatic heterocycles. The van der Waals surface area contributed by atoms with Crippen LogP contribution in [0.5, 0.6) is 5.75 Å². The van der Waals surface area contributed by atoms with Crippen LogP contribution in [0.4, 0.5) is 17.6 Å². The number of rotatable bonds is 10. The topological polar surface area (TPSA) is 84.5 Å². The standard InChI is InChI=1S/C21H26F4N2O4S/c1-10(2)8-21(3,32)20(30)27-14(6-11-4-5-26-19(11)29)15(28)9-31-18-16(24)12(22)7-13(23)17(18)25/h7,10-11,14,32H,4-6,8-9H2,1-3H3,(H,26,29)(H,27,30)/t11-,14-,21+/m0/s1. The summed E-state index contributed by atoms with van der Waals surface area (Å²) in [6.45, 7) is 4.78. The Morgan fingerprint density at radius 2 is 1.84 bits per heavy atom. The summed E-state index contributed by atoms with van der Waals surface area (Å²) in [7, 11) is 0. The van der Waals surface area contributed by atoms with Gasteiger partial charge in [0.1, 0.15) is 6.61 Å². The third-order valence-corrected chi connectivity index (χ3v) is 5.49. The Labute approximate surface area is 188 Å². The largest absolute Gasteiger partial charge is 0.479 e. The van der Waals surface area contributed by atoms with Crippen molar-refractivity contribution in [2.75, 3.05) is 13.2 Å². The van der Waals surface area contributed by atoms with Crippen LogP contribution in [-0.2, 0) is 14.4 Å². The second-order valence-corrected chi connectivity index (χ2v) is 9.45. The van der Waals surface area contributed by atoms with Crippen molar-refractivity contribution in [3.8, 4) is 5.75 Å². The van der Waals surface area contributed by atoms with Gasteiger partial charge in [0.2, 0.25) is 23.4 Å². The Bertz CT molecular complexity index is 869. The highest BCUT2D eigenvalue weighted by Crippen LogP contribution is 2.27. The van der Waals surface area contributed by atoms with E-state index in [1.165, 1.54) is 0 Å². The number of nitrogens with one attached hydrogen (secondary N) is 2. The number of ether oxygens (including phenoxy) is 1. The SMILES string of the molecule is CC(C)C[C@@](C)(S)C(=O)N[C@@H](C[C@@H]1CCNC1=O)C(=O)COc1c(F)c(F)cc(F)c1F. The lowest BCUT2D eigenvalue weighted by molar-refractivity contribution is -0.131. The van der Waals surface area contributed by atoms with Gasteiger partial charge in [-0.25, -0.2) is 8.78 Å². The smallest absolute Gasteiger partial charge is 0.236 e. The molecule has 0 aliphatic carbocycles. The minimum Gasteiger partial charge on any atom is -0.479 e. The fraction of sp³-hybridized carbons (Fsp3) is 0.571. The molecule has 1 fully saturated rings. The maximum absolute atomic E-state index is 13.8. The van der Waals surface area contributed by atoms with E-state index in [4.69, 9.17) is 4.74 Å². The van der Waals surface area contributed by atoms with Crippen LogP contribution in [0.2, 0.25) is 0 Å². The third-order valence-electron chi connectivity index (χ3n) is 5.10. The van der Waals surface area contributed by atoms with Gasteiger partial charge in [0.15, 0.2) is 23.2 Å². The number of ketones is 1. The van der Waals surface area contributed by atoms with Gasteiger partial charge in [-0.05, 0) is 32.1 Å². The summed E-state index contributed by atoms with van der Waals surface area (Å²) in [6, 6.07) is -1.22. The van der Waals surface area contributed by atoms with Crippen molar-refractivity contribution in [3.63, 3.8) is 0 Å². The number of hydrogen-bond donors (Lipinski definition) is 3. The zero-order valence-corrected chi connectivity index (χ0v) is 18.8. The summed E-state index contributed by atoms with van der Waals surface area (Å²) in [5.41, 5.74) is 0. The average molecular weight is 479 g/mol. The Hall–Kier alpha value is -2.30. The lowest BCUT2D eigenvalue weighted by Crippen LogP contribution is -2.51. The zero-order valence-electron chi connectivity index (χ0n) is 17.9. The minimum atomic E-state index is -1.78. The Balaban J connectivity index is 2.19. The summed E-state index contributed by atoms with van der Waals surface area (Å²) in [6.07, 6.45) is 0.748. The van der Waals surface area contributed by atoms with Gasteiger partial charge < -0.3 is 15.4 Å². The van der Waals surface area contributed by atoms with Crippen molar-refractivity contribution in [1.29, 1.82) is 0 Å². The maximum atomic E-state index is 13.8. The summed E-state index contributed by atoms with van der Waals surface area (Å²) < 4.78 is 58.0. The van der Waals surface area contributed by atoms with E-state index in [1.807, 2.05) is 13.8 Å². The molecule has 0 radical (unpaired) electrons. The van der Waals surface area contributed by atoms with Gasteiger partial charge in [-0.2, -0.15) is 21.4 Å². The van der Waals surface area contributed by atoms with Crippen LogP contribution in [0.15, 0.2) is 6.07 Å². The van der Waals surface area contributed by atoms with Crippen LogP contribution >= 0.6 is 12.6 Å². The van der Waals surface area contributed by atoms with E-state index in [0.29, 0.717) is 19.4 Å². The monoisotopic (exact) mass is 478 g/mol. The predicted molar refractivity (Wildman–Crippen MR) is 111 cm³/mol. The van der Waals surface area contributed by atoms with Gasteiger partial charge in [0.05, 0.1) is 10.8 Å². The minimum absolute atomic E-state index is 0.0172. The fourth-order valence-electron chi connectivity index (χ4n) is 3.55. The maximum Gasteiger partial charge on any atom is 0.236 e. The van der Waals surface area contributed by atoms with E-state index in [-0.39, 0.29) is 24.3 Å². The number of carbonyl (C=O) groups is 3. The molecule has 1 saturated heterocycles. The fourth-order valence-corrected chi connectivity index (χ4v) is 3.98. The molecular weight excluding hydrogens is 452 g/mol. The van der Waals surface area contributed by atoms with Crippen molar-refractivity contribution < 1.29 is 36.7 Å². The first-order valence-corrected chi connectivity index (χ1v) is 10.6. The molecule has 32 heavy (non-hydrogen) atoms. The van der Waals surface area contributed by atoms with Gasteiger partial charge in [-0.1, -0.05) is 13.8 Å². The Morgan fingerprint density at radius 1 is 1.25 bits per heavy atom. The van der Waals surface area contributed by atoms with Crippen LogP contribution < -0.4 is 15.4 Å². The number of hydrogen-bond acceptors (Lipinski definition) is 5. The lowest BCUT2D eigenvalue weighted by Gasteiger charge is -2.28. The zero-order chi connectivity index (χ0) is 24.2. The molecule has 1 heterocycles. The van der Waals surface area contributed by atoms with Gasteiger partial charge >= 0.3 is 0 Å². The predicted octanol–water partition coefficient (Wildman–Crippen LogP) is 2.94. The lowest BCUT2D eigenvalue weighted by atomic mass is 9.93. The number of benzene rings is 1. The molecule has 6 nitrogen and oxygen atoms in total. The van der Waals surface area contributed by atoms with Crippen LogP contribution in [0.1, 0.15) is 40.0 Å². The van der Waals surface area contributed by atoms with E-state index < -0.39 is 64.0 Å². The molecule has 0 spiro atoms. The molecule has 0 unspecified atom stereocenters. The first kappa shape index (κ1) is 26.0. The molecule has 178 valence electrons. The molecule has 1 aliphatic heterocycles. The number of Topliss-reactive ketones (excluding diaryl/α,β-unsaturated/α-hetero) is 1. The summed E-state index contributed by atoms with van der Waals surface area (Å²) in [5, 5.41) is 5.15. The van der Waals surface area contributed by atoms with Crippen LogP contribution in [0.3, 0.4) is 0 Å². The highest BCUT2D eigenvalue weighted by molar-refractivity contribution is 7.82. The molecule has 2 N–H and O–H groups in total. The first-order valence-electron chi connectivity index (χ1n) is 10.1. The van der Waals surface area contributed by atoms with Gasteiger partial charge in [0.25, 0.3) is 0 Å². The van der Waals surface area contributed by atoms with Crippen LogP contribution in [0.25, 0.3) is 0 Å². The first-order chi connectivity index (χ1) is 14.8. The Morgan fingerprint density at radius 3 is 2.34 bits per heavy atom. The van der Waals surface area contributed by atoms with Crippen molar-refractivity contribution in [2.24, 2.45) is 11.8 Å². The molecule has 3 atom stereocenters. The van der Waals surface area contributed by atoms with Crippen LogP contribution in [0, 0.1) is 35.1 Å². The second-order valence-electron chi connectivity index (χ2n) is 8.46. The van der Waals surface area contributed by atoms with Gasteiger partial charge in [-0.15, -0.1) is 0 Å². The summed E-state index contributed by atoms with van der Waals surface area (Å²) in [5.74, 6) is -10.4. The summed E-state index contributed by atoms with van der Waals surface area (Å²) in [4.78, 5) is 37.4. The highest BCUT2D eigenvalue weighted by atomic mass is 32.1. The molecule has 2 rings (SSSR count). The van der Waals surface area contributed by atoms with E-state index in [2.05, 4.69) is 23.3 Å². The second kappa shape index (κ2) is 10.5. The number of carbonyl (C=O) groups excluding carboxylic acids is 3. The molecule has 0 saturated carbocycles. The van der Waals surface area contributed by atoms with Crippen molar-refractivity contribution in [1.82, 2.24) is 10.6 Å². The van der Waals surface area contributed by atoms with Crippen molar-refractivity contribution in [2.45, 2.75) is 50.8 Å². The van der Waals surface area contributed by atoms with Gasteiger partial charge in [0, 0.05) is 18.5 Å².